The van der Waals surface area contributed by atoms with E-state index < -0.39 is 23.9 Å². The van der Waals surface area contributed by atoms with Crippen molar-refractivity contribution in [3.8, 4) is 11.5 Å². The Bertz CT molecular complexity index is 6810. The van der Waals surface area contributed by atoms with Crippen molar-refractivity contribution in [1.82, 2.24) is 47.3 Å². The van der Waals surface area contributed by atoms with E-state index >= 15 is 0 Å². The molecule has 0 radical (unpaired) electrons. The lowest BCUT2D eigenvalue weighted by Gasteiger charge is -2.32. The van der Waals surface area contributed by atoms with Crippen molar-refractivity contribution in [3.05, 3.63) is 309 Å². The largest absolute Gasteiger partial charge is 0.496 e. The fraction of sp³-hybridized carbons (Fsp3) is 0.413. The normalized spacial score (nSPS) is 15.8. The van der Waals surface area contributed by atoms with Gasteiger partial charge >= 0.3 is 18.3 Å². The highest BCUT2D eigenvalue weighted by atomic mass is 79.9. The quantitative estimate of drug-likeness (QED) is 0.0205. The second kappa shape index (κ2) is 53.6. The summed E-state index contributed by atoms with van der Waals surface area (Å²) in [4.78, 5) is 95.7. The second-order valence-corrected chi connectivity index (χ2v) is 41.4. The Morgan fingerprint density at radius 2 is 0.779 bits per heavy atom. The smallest absolute Gasteiger partial charge is 0.454 e. The summed E-state index contributed by atoms with van der Waals surface area (Å²) in [5.41, 5.74) is 10.7. The molecule has 5 aliphatic rings. The van der Waals surface area contributed by atoms with Crippen LogP contribution in [0.3, 0.4) is 0 Å². The summed E-state index contributed by atoms with van der Waals surface area (Å²) in [6.45, 7) is 25.8. The summed E-state index contributed by atoms with van der Waals surface area (Å²) in [6, 6.07) is 72.7. The molecule has 10 heterocycles. The first kappa shape index (κ1) is 111. The molecule has 0 saturated carbocycles. The van der Waals surface area contributed by atoms with Crippen molar-refractivity contribution >= 4 is 123 Å². The predicted molar refractivity (Wildman–Crippen MR) is 584 cm³/mol. The van der Waals surface area contributed by atoms with Gasteiger partial charge in [0.05, 0.1) is 35.8 Å². The Hall–Kier alpha value is -12.1. The number of carbonyl (C=O) groups excluding carboxylic acids is 7. The van der Waals surface area contributed by atoms with Gasteiger partial charge in [-0.15, -0.1) is 0 Å². The lowest BCUT2D eigenvalue weighted by atomic mass is 9.89. The molecule has 0 unspecified atom stereocenters. The number of rotatable bonds is 36. The molecule has 5 aromatic heterocycles. The highest BCUT2D eigenvalue weighted by Crippen LogP contribution is 2.38. The molecule has 9 aromatic carbocycles. The number of para-hydroxylation sites is 6. The van der Waals surface area contributed by atoms with Gasteiger partial charge in [0.25, 0.3) is 11.6 Å². The van der Waals surface area contributed by atoms with Crippen molar-refractivity contribution < 1.29 is 74.1 Å². The molecular formula is C121H138BrClF6N10O10. The van der Waals surface area contributed by atoms with Crippen LogP contribution in [0.25, 0.3) is 54.5 Å². The number of piperidine rings is 5. The first-order chi connectivity index (χ1) is 72.0. The first-order valence-corrected chi connectivity index (χ1v) is 54.0. The molecule has 19 rings (SSSR count). The molecule has 0 spiro atoms. The maximum atomic E-state index is 13.0. The van der Waals surface area contributed by atoms with Gasteiger partial charge in [0, 0.05) is 171 Å². The minimum absolute atomic E-state index is 0.0458. The number of hydrogen-bond donors (Lipinski definition) is 0. The second-order valence-electron chi connectivity index (χ2n) is 40.0. The molecule has 28 heteroatoms. The number of methoxy groups -OCH3 is 1. The molecule has 788 valence electrons. The fourth-order valence-electron chi connectivity index (χ4n) is 21.8. The predicted octanol–water partition coefficient (Wildman–Crippen LogP) is 25.9. The number of alkyl halides is 6. The summed E-state index contributed by atoms with van der Waals surface area (Å²) in [5, 5.41) is 4.73. The number of Topliss-reactive ketones (excluding diaryl/α,β-unsaturated/α-hetero) is 6. The third-order valence-electron chi connectivity index (χ3n) is 29.9. The van der Waals surface area contributed by atoms with Crippen LogP contribution in [0.5, 0.6) is 11.5 Å². The molecule has 0 amide bonds. The van der Waals surface area contributed by atoms with Crippen LogP contribution in [0.15, 0.2) is 260 Å². The molecular weight excluding hydrogens is 1980 g/mol. The summed E-state index contributed by atoms with van der Waals surface area (Å²) in [7, 11) is 1.75. The molecule has 0 bridgehead atoms. The number of ketones is 6. The molecule has 14 aromatic rings. The standard InChI is InChI=1S/C27H32N2O2.C25H27F3N2O.C24H26BrClN2O2.C24H28N2O2.C21H25F3N2O3/c1-21(30)12-13-24-20-29(26-11-6-5-10-25(24)26)17-7-16-28-18-14-23(15-19-28)27(31)22-8-3-2-4-9-22;26-25(27,28)24(31)22-18-30(23-10-5-4-9-21(22)23)14-6-13-29-15-11-20(12-16-29)17-19-7-2-1-3-8-19;1-17(29)21-16-28(23-15-18(25)7-8-20(21)23)12-4-11-27-13-9-19(10-14-27)30-24-6-3-2-5-22(24)26;1-18(27)22-17-26(23-9-5-3-8-21(22)23)16-15-25-13-11-19(12-14-25)20-7-4-6-10-24(20)28-2;1-2-29-20(28)15-8-12-25(13-9-15)10-5-11-26-14-17(19(27)21(22,23)24)16-6-3-4-7-18(16)26/h2-6,8-11,20,23H,7,12-19H2,1H3;1-5,7-10,18,20H,6,11-17H2;2-3,5-8,15-16,19H,4,9-14H2,1H3;3-10,17,19H,11-16H2,1-2H3;3-4,6-7,14-15H,2,5,8-13H2,1H3. The number of nitrogens with zero attached hydrogens (tertiary/aromatic N) is 10. The number of carbonyl (C=O) groups is 7. The van der Waals surface area contributed by atoms with Crippen LogP contribution in [0.2, 0.25) is 5.02 Å². The number of halogens is 8. The van der Waals surface area contributed by atoms with Crippen LogP contribution in [0.4, 0.5) is 26.3 Å². The Kier molecular flexibility index (Phi) is 39.9. The minimum Gasteiger partial charge on any atom is -0.496 e. The molecule has 5 saturated heterocycles. The Balaban J connectivity index is 0.000000139. The summed E-state index contributed by atoms with van der Waals surface area (Å²) < 4.78 is 106. The third-order valence-corrected chi connectivity index (χ3v) is 30.7. The highest BCUT2D eigenvalue weighted by Gasteiger charge is 2.43. The van der Waals surface area contributed by atoms with E-state index in [-0.39, 0.29) is 52.4 Å². The molecule has 149 heavy (non-hydrogen) atoms. The number of ether oxygens (including phenoxy) is 3. The zero-order valence-electron chi connectivity index (χ0n) is 86.1. The molecule has 0 aliphatic carbocycles. The molecule has 0 N–H and O–H groups in total. The van der Waals surface area contributed by atoms with Gasteiger partial charge in [-0.1, -0.05) is 197 Å². The van der Waals surface area contributed by atoms with Crippen molar-refractivity contribution in [2.45, 2.75) is 194 Å². The number of likely N-dealkylation sites (tertiary alicyclic amines) is 5. The molecule has 20 nitrogen and oxygen atoms in total. The van der Waals surface area contributed by atoms with E-state index in [9.17, 15) is 59.9 Å². The van der Waals surface area contributed by atoms with Gasteiger partial charge in [0.15, 0.2) is 17.3 Å². The Labute approximate surface area is 883 Å². The number of hydrogen-bond acceptors (Lipinski definition) is 15. The van der Waals surface area contributed by atoms with E-state index in [2.05, 4.69) is 139 Å². The lowest BCUT2D eigenvalue weighted by molar-refractivity contribution is -0.149. The topological polar surface area (TPSA) is 188 Å². The van der Waals surface area contributed by atoms with Crippen molar-refractivity contribution in [3.63, 3.8) is 0 Å². The fourth-order valence-corrected chi connectivity index (χ4v) is 22.3. The van der Waals surface area contributed by atoms with E-state index in [1.165, 1.54) is 52.8 Å². The van der Waals surface area contributed by atoms with Gasteiger partial charge in [-0.2, -0.15) is 26.3 Å². The summed E-state index contributed by atoms with van der Waals surface area (Å²) in [6.07, 6.45) is 15.8. The summed E-state index contributed by atoms with van der Waals surface area (Å²) in [5.74, 6) is 0.265. The van der Waals surface area contributed by atoms with Gasteiger partial charge in [-0.3, -0.25) is 28.8 Å². The van der Waals surface area contributed by atoms with Crippen LogP contribution >= 0.6 is 27.5 Å². The zero-order valence-corrected chi connectivity index (χ0v) is 88.4. The van der Waals surface area contributed by atoms with Gasteiger partial charge in [0.2, 0.25) is 0 Å². The van der Waals surface area contributed by atoms with Crippen molar-refractivity contribution in [2.24, 2.45) is 17.8 Å². The first-order valence-electron chi connectivity index (χ1n) is 52.8. The number of aryl methyl sites for hydroxylation is 5. The van der Waals surface area contributed by atoms with Crippen molar-refractivity contribution in [2.75, 3.05) is 112 Å². The number of aromatic nitrogens is 5. The molecule has 5 fully saturated rings. The SMILES string of the molecule is CC(=O)CCc1cn(CCCN2CCC(C(=O)c3ccccc3)CC2)c2ccccc12.CC(=O)c1cn(CCCN2CCC(Oc3ccccc3Cl)CC2)c2cc(Br)ccc12.CCOC(=O)C1CCN(CCCn2cc(C(=O)C(F)(F)F)c3ccccc32)CC1.COc1ccccc1C1CCN(CCn2cc(C(C)=O)c3ccccc32)CC1.O=C(c1cn(CCCN2CCC(Cc3ccccc3)CC2)c2ccccc12)C(F)(F)F. The van der Waals surface area contributed by atoms with Gasteiger partial charge in [-0.05, 0) is 292 Å². The summed E-state index contributed by atoms with van der Waals surface area (Å²) >= 11 is 9.76. The van der Waals surface area contributed by atoms with E-state index in [1.807, 2.05) is 109 Å². The van der Waals surface area contributed by atoms with Crippen LogP contribution in [-0.2, 0) is 59.9 Å². The maximum Gasteiger partial charge on any atom is 0.454 e. The number of esters is 1. The van der Waals surface area contributed by atoms with Gasteiger partial charge < -0.3 is 66.3 Å². The van der Waals surface area contributed by atoms with E-state index in [1.54, 1.807) is 92.5 Å². The zero-order chi connectivity index (χ0) is 105. The van der Waals surface area contributed by atoms with Gasteiger partial charge in [0.1, 0.15) is 23.4 Å². The molecule has 0 atom stereocenters. The Morgan fingerprint density at radius 3 is 1.26 bits per heavy atom. The van der Waals surface area contributed by atoms with Gasteiger partial charge in [-0.25, -0.2) is 0 Å². The van der Waals surface area contributed by atoms with Crippen LogP contribution in [0, 0.1) is 17.8 Å². The molecule has 5 aliphatic heterocycles. The average Bonchev–Trinajstić information content (AvgIpc) is 1.78. The lowest BCUT2D eigenvalue weighted by Crippen LogP contribution is -2.39. The van der Waals surface area contributed by atoms with Crippen molar-refractivity contribution in [1.29, 1.82) is 0 Å². The minimum atomic E-state index is -4.89. The van der Waals surface area contributed by atoms with E-state index in [0.29, 0.717) is 70.6 Å². The average molecular weight is 2120 g/mol. The number of fused-ring (bicyclic) bond motifs is 5. The third kappa shape index (κ3) is 30.2. The highest BCUT2D eigenvalue weighted by molar-refractivity contribution is 9.10. The monoisotopic (exact) mass is 2120 g/mol. The van der Waals surface area contributed by atoms with Crippen LogP contribution < -0.4 is 9.47 Å². The van der Waals surface area contributed by atoms with Crippen LogP contribution in [-0.4, -0.2) is 218 Å². The van der Waals surface area contributed by atoms with E-state index in [4.69, 9.17) is 25.8 Å². The maximum absolute atomic E-state index is 13.0. The van der Waals surface area contributed by atoms with Crippen LogP contribution in [0.1, 0.15) is 198 Å². The Morgan fingerprint density at radius 1 is 0.389 bits per heavy atom. The number of benzene rings is 9. The van der Waals surface area contributed by atoms with E-state index in [0.717, 1.165) is 262 Å².